The van der Waals surface area contributed by atoms with Gasteiger partial charge in [0.1, 0.15) is 0 Å². The van der Waals surface area contributed by atoms with Crippen molar-refractivity contribution >= 4 is 23.2 Å². The van der Waals surface area contributed by atoms with Crippen LogP contribution in [0.1, 0.15) is 49.4 Å². The Bertz CT molecular complexity index is 496. The summed E-state index contributed by atoms with van der Waals surface area (Å²) in [7, 11) is 0. The maximum Gasteiger partial charge on any atom is 0.223 e. The Morgan fingerprint density at radius 3 is 2.90 bits per heavy atom. The lowest BCUT2D eigenvalue weighted by Crippen LogP contribution is -2.31. The highest BCUT2D eigenvalue weighted by atomic mass is 32.1. The van der Waals surface area contributed by atoms with Gasteiger partial charge in [-0.15, -0.1) is 11.3 Å². The molecular weight excluding hydrogens is 284 g/mol. The second-order valence-electron chi connectivity index (χ2n) is 5.93. The van der Waals surface area contributed by atoms with E-state index in [1.54, 1.807) is 11.3 Å². The summed E-state index contributed by atoms with van der Waals surface area (Å²) in [5, 5.41) is 4.99. The first kappa shape index (κ1) is 14.6. The van der Waals surface area contributed by atoms with Crippen LogP contribution in [0.3, 0.4) is 0 Å². The molecule has 1 N–H and O–H groups in total. The van der Waals surface area contributed by atoms with E-state index in [1.807, 2.05) is 11.0 Å². The maximum atomic E-state index is 12.4. The Morgan fingerprint density at radius 2 is 2.19 bits per heavy atom. The normalized spacial score (nSPS) is 21.5. The molecule has 1 aromatic rings. The number of hydrogen-bond donors (Lipinski definition) is 1. The summed E-state index contributed by atoms with van der Waals surface area (Å²) in [6, 6.07) is 4.45. The van der Waals surface area contributed by atoms with E-state index < -0.39 is 0 Å². The lowest BCUT2D eigenvalue weighted by atomic mass is 10.1. The first-order valence-corrected chi connectivity index (χ1v) is 8.74. The van der Waals surface area contributed by atoms with E-state index in [9.17, 15) is 9.59 Å². The van der Waals surface area contributed by atoms with Crippen molar-refractivity contribution in [2.75, 3.05) is 13.1 Å². The van der Waals surface area contributed by atoms with E-state index in [4.69, 9.17) is 0 Å². The van der Waals surface area contributed by atoms with Gasteiger partial charge >= 0.3 is 0 Å². The van der Waals surface area contributed by atoms with Gasteiger partial charge in [0, 0.05) is 30.3 Å². The van der Waals surface area contributed by atoms with Crippen molar-refractivity contribution in [2.24, 2.45) is 5.92 Å². The first-order valence-electron chi connectivity index (χ1n) is 7.86. The zero-order valence-corrected chi connectivity index (χ0v) is 13.0. The molecule has 1 aliphatic heterocycles. The van der Waals surface area contributed by atoms with Crippen molar-refractivity contribution in [3.63, 3.8) is 0 Å². The number of carbonyl (C=O) groups excluding carboxylic acids is 2. The fraction of sp³-hybridized carbons (Fsp3) is 0.625. The number of rotatable bonds is 6. The molecule has 2 heterocycles. The quantitative estimate of drug-likeness (QED) is 0.822. The third-order valence-corrected chi connectivity index (χ3v) is 5.23. The van der Waals surface area contributed by atoms with E-state index in [-0.39, 0.29) is 23.8 Å². The molecule has 1 saturated carbocycles. The van der Waals surface area contributed by atoms with Crippen LogP contribution in [0.2, 0.25) is 0 Å². The standard InChI is InChI=1S/C16H22N2O2S/c19-15(6-1-9-17-16(20)12-7-8-12)18-10-2-4-13(18)14-5-3-11-21-14/h3,5,11-13H,1-2,4,6-10H2,(H,17,20). The van der Waals surface area contributed by atoms with E-state index in [0.717, 1.165) is 38.6 Å². The molecule has 1 unspecified atom stereocenters. The Kier molecular flexibility index (Phi) is 4.58. The number of amides is 2. The zero-order chi connectivity index (χ0) is 14.7. The van der Waals surface area contributed by atoms with E-state index >= 15 is 0 Å². The van der Waals surface area contributed by atoms with Crippen molar-refractivity contribution in [2.45, 2.75) is 44.6 Å². The van der Waals surface area contributed by atoms with Gasteiger partial charge in [-0.2, -0.15) is 0 Å². The van der Waals surface area contributed by atoms with Gasteiger partial charge in [-0.1, -0.05) is 6.07 Å². The van der Waals surface area contributed by atoms with Crippen molar-refractivity contribution in [1.82, 2.24) is 10.2 Å². The minimum Gasteiger partial charge on any atom is -0.356 e. The molecular formula is C16H22N2O2S. The lowest BCUT2D eigenvalue weighted by molar-refractivity contribution is -0.132. The van der Waals surface area contributed by atoms with Crippen LogP contribution in [-0.2, 0) is 9.59 Å². The van der Waals surface area contributed by atoms with Crippen LogP contribution in [0.25, 0.3) is 0 Å². The molecule has 21 heavy (non-hydrogen) atoms. The van der Waals surface area contributed by atoms with Crippen molar-refractivity contribution in [3.8, 4) is 0 Å². The van der Waals surface area contributed by atoms with Crippen LogP contribution in [0.5, 0.6) is 0 Å². The second kappa shape index (κ2) is 6.60. The highest BCUT2D eigenvalue weighted by molar-refractivity contribution is 7.10. The third kappa shape index (κ3) is 3.64. The fourth-order valence-electron chi connectivity index (χ4n) is 2.93. The summed E-state index contributed by atoms with van der Waals surface area (Å²) < 4.78 is 0. The molecule has 1 atom stereocenters. The van der Waals surface area contributed by atoms with Crippen molar-refractivity contribution in [1.29, 1.82) is 0 Å². The molecule has 0 aromatic carbocycles. The van der Waals surface area contributed by atoms with Gasteiger partial charge in [0.25, 0.3) is 0 Å². The molecule has 2 amide bonds. The lowest BCUT2D eigenvalue weighted by Gasteiger charge is -2.24. The van der Waals surface area contributed by atoms with Crippen LogP contribution >= 0.6 is 11.3 Å². The molecule has 2 aliphatic rings. The minimum absolute atomic E-state index is 0.167. The van der Waals surface area contributed by atoms with E-state index in [0.29, 0.717) is 13.0 Å². The molecule has 4 nitrogen and oxygen atoms in total. The Morgan fingerprint density at radius 1 is 1.33 bits per heavy atom. The van der Waals surface area contributed by atoms with Crippen LogP contribution in [-0.4, -0.2) is 29.8 Å². The van der Waals surface area contributed by atoms with Gasteiger partial charge in [0.2, 0.25) is 11.8 Å². The summed E-state index contributed by atoms with van der Waals surface area (Å²) >= 11 is 1.73. The topological polar surface area (TPSA) is 49.4 Å². The second-order valence-corrected chi connectivity index (χ2v) is 6.91. The van der Waals surface area contributed by atoms with Crippen LogP contribution < -0.4 is 5.32 Å². The third-order valence-electron chi connectivity index (χ3n) is 4.26. The molecule has 1 aromatic heterocycles. The fourth-order valence-corrected chi connectivity index (χ4v) is 3.80. The summed E-state index contributed by atoms with van der Waals surface area (Å²) in [6.07, 6.45) is 5.50. The number of hydrogen-bond acceptors (Lipinski definition) is 3. The molecule has 2 fully saturated rings. The smallest absolute Gasteiger partial charge is 0.223 e. The zero-order valence-electron chi connectivity index (χ0n) is 12.2. The number of thiophene rings is 1. The first-order chi connectivity index (χ1) is 10.3. The predicted octanol–water partition coefficient (Wildman–Crippen LogP) is 2.72. The molecule has 114 valence electrons. The monoisotopic (exact) mass is 306 g/mol. The van der Waals surface area contributed by atoms with Gasteiger partial charge in [0.05, 0.1) is 6.04 Å². The number of carbonyl (C=O) groups is 2. The average molecular weight is 306 g/mol. The maximum absolute atomic E-state index is 12.4. The Labute approximate surface area is 129 Å². The SMILES string of the molecule is O=C(NCCCC(=O)N1CCCC1c1cccs1)C1CC1. The van der Waals surface area contributed by atoms with Gasteiger partial charge in [0.15, 0.2) is 0 Å². The number of nitrogens with one attached hydrogen (secondary N) is 1. The van der Waals surface area contributed by atoms with Gasteiger partial charge in [-0.3, -0.25) is 9.59 Å². The van der Waals surface area contributed by atoms with Crippen LogP contribution in [0, 0.1) is 5.92 Å². The summed E-state index contributed by atoms with van der Waals surface area (Å²) in [6.45, 7) is 1.49. The summed E-state index contributed by atoms with van der Waals surface area (Å²) in [5.41, 5.74) is 0. The Balaban J connectivity index is 1.42. The highest BCUT2D eigenvalue weighted by Gasteiger charge is 2.31. The van der Waals surface area contributed by atoms with Gasteiger partial charge < -0.3 is 10.2 Å². The highest BCUT2D eigenvalue weighted by Crippen LogP contribution is 2.34. The van der Waals surface area contributed by atoms with E-state index in [2.05, 4.69) is 16.8 Å². The largest absolute Gasteiger partial charge is 0.356 e. The van der Waals surface area contributed by atoms with Crippen LogP contribution in [0.15, 0.2) is 17.5 Å². The number of likely N-dealkylation sites (tertiary alicyclic amines) is 1. The van der Waals surface area contributed by atoms with Crippen LogP contribution in [0.4, 0.5) is 0 Å². The number of nitrogens with zero attached hydrogens (tertiary/aromatic N) is 1. The van der Waals surface area contributed by atoms with Crippen molar-refractivity contribution in [3.05, 3.63) is 22.4 Å². The molecule has 3 rings (SSSR count). The molecule has 1 saturated heterocycles. The molecule has 0 bridgehead atoms. The Hall–Kier alpha value is -1.36. The predicted molar refractivity (Wildman–Crippen MR) is 83.0 cm³/mol. The molecule has 0 spiro atoms. The van der Waals surface area contributed by atoms with Crippen molar-refractivity contribution < 1.29 is 9.59 Å². The molecule has 5 heteroatoms. The van der Waals surface area contributed by atoms with Gasteiger partial charge in [-0.05, 0) is 43.6 Å². The molecule has 0 radical (unpaired) electrons. The summed E-state index contributed by atoms with van der Waals surface area (Å²) in [4.78, 5) is 27.2. The minimum atomic E-state index is 0.167. The summed E-state index contributed by atoms with van der Waals surface area (Å²) in [5.74, 6) is 0.647. The average Bonchev–Trinajstić information content (AvgIpc) is 3.01. The van der Waals surface area contributed by atoms with Gasteiger partial charge in [-0.25, -0.2) is 0 Å². The van der Waals surface area contributed by atoms with E-state index in [1.165, 1.54) is 4.88 Å². The molecule has 1 aliphatic carbocycles.